The molecule has 0 unspecified atom stereocenters. The van der Waals surface area contributed by atoms with Crippen LogP contribution < -0.4 is 28.1 Å². The van der Waals surface area contributed by atoms with Crippen LogP contribution in [0.25, 0.3) is 0 Å². The fourth-order valence-corrected chi connectivity index (χ4v) is 4.18. The van der Waals surface area contributed by atoms with E-state index in [9.17, 15) is 0 Å². The summed E-state index contributed by atoms with van der Waals surface area (Å²) in [5, 5.41) is 0. The molecule has 0 spiro atoms. The minimum atomic E-state index is -0.551. The first-order valence-corrected chi connectivity index (χ1v) is 7.74. The molecule has 0 saturated carbocycles. The van der Waals surface area contributed by atoms with Gasteiger partial charge in [-0.25, -0.2) is 0 Å². The molecule has 1 nitrogen and oxygen atoms in total. The van der Waals surface area contributed by atoms with Gasteiger partial charge in [0.1, 0.15) is 0 Å². The number of allylic oxidation sites excluding steroid dienone is 4. The first kappa shape index (κ1) is 19.8. The van der Waals surface area contributed by atoms with Crippen molar-refractivity contribution in [3.05, 3.63) is 50.9 Å². The second kappa shape index (κ2) is 7.70. The zero-order chi connectivity index (χ0) is 13.3. The molecule has 0 N–H and O–H groups in total. The van der Waals surface area contributed by atoms with Crippen LogP contribution in [-0.2, 0) is 19.5 Å². The third-order valence-corrected chi connectivity index (χ3v) is 6.48. The third kappa shape index (κ3) is 3.71. The van der Waals surface area contributed by atoms with Crippen LogP contribution in [0.15, 0.2) is 50.9 Å². The molecule has 20 heavy (non-hydrogen) atoms. The van der Waals surface area contributed by atoms with Crippen molar-refractivity contribution < 1.29 is 47.7 Å². The molecule has 0 bridgehead atoms. The topological polar surface area (TPSA) is 9.23 Å². The minimum Gasteiger partial charge on any atom is -1.00 e. The van der Waals surface area contributed by atoms with E-state index in [2.05, 4.69) is 34.6 Å². The molecule has 0 aromatic heterocycles. The molecule has 1 aromatic rings. The third-order valence-electron chi connectivity index (χ3n) is 4.08. The summed E-state index contributed by atoms with van der Waals surface area (Å²) in [5.74, 6) is 0.996. The Bertz CT molecular complexity index is 519. The van der Waals surface area contributed by atoms with Crippen molar-refractivity contribution in [2.24, 2.45) is 5.41 Å². The minimum absolute atomic E-state index is 0. The van der Waals surface area contributed by atoms with Crippen molar-refractivity contribution in [2.75, 3.05) is 0 Å². The van der Waals surface area contributed by atoms with Crippen LogP contribution in [0.4, 0.5) is 0 Å². The molecule has 1 aliphatic carbocycles. The molecule has 0 amide bonds. The van der Waals surface area contributed by atoms with Gasteiger partial charge in [-0.05, 0) is 0 Å². The maximum absolute atomic E-state index is 6.03. The largest absolute Gasteiger partial charge is 1.00 e. The van der Waals surface area contributed by atoms with E-state index in [1.54, 1.807) is 0 Å². The molecule has 0 radical (unpaired) electrons. The Morgan fingerprint density at radius 1 is 0.900 bits per heavy atom. The Labute approximate surface area is 144 Å². The summed E-state index contributed by atoms with van der Waals surface area (Å²) in [6.07, 6.45) is 0. The van der Waals surface area contributed by atoms with E-state index in [0.29, 0.717) is 0 Å². The van der Waals surface area contributed by atoms with E-state index in [4.69, 9.17) is 3.32 Å². The van der Waals surface area contributed by atoms with Crippen LogP contribution in [-0.4, -0.2) is 0 Å². The summed E-state index contributed by atoms with van der Waals surface area (Å²) >= 11 is -0.551. The van der Waals surface area contributed by atoms with Gasteiger partial charge in [0.15, 0.2) is 0 Å². The summed E-state index contributed by atoms with van der Waals surface area (Å²) in [6.45, 7) is 11.3. The molecule has 0 saturated heterocycles. The van der Waals surface area contributed by atoms with Crippen molar-refractivity contribution in [2.45, 2.75) is 34.6 Å². The van der Waals surface area contributed by atoms with Crippen molar-refractivity contribution in [3.63, 3.8) is 0 Å². The summed E-state index contributed by atoms with van der Waals surface area (Å²) < 4.78 is 7.56. The predicted octanol–water partition coefficient (Wildman–Crippen LogP) is -1.28. The van der Waals surface area contributed by atoms with Crippen molar-refractivity contribution in [3.8, 4) is 5.75 Å². The van der Waals surface area contributed by atoms with Gasteiger partial charge >= 0.3 is 120 Å². The molecule has 0 heterocycles. The molecule has 1 aliphatic rings. The normalized spacial score (nSPS) is 16.2. The average molecular weight is 347 g/mol. The Morgan fingerprint density at radius 3 is 1.90 bits per heavy atom. The van der Waals surface area contributed by atoms with E-state index < -0.39 is 19.5 Å². The molecule has 4 heteroatoms. The van der Waals surface area contributed by atoms with Gasteiger partial charge in [0, 0.05) is 0 Å². The van der Waals surface area contributed by atoms with Gasteiger partial charge in [-0.1, -0.05) is 0 Å². The summed E-state index contributed by atoms with van der Waals surface area (Å²) in [7, 11) is 0. The standard InChI is InChI=1S/C10H15.C6H6O.2ClH.Ti/c1-7-6-10(4,5)9(3)8(7)2;7-6-4-2-1-3-5-6;;;/h1-5H3;1-5,7H;2*1H;/q;;;;+3/p-3. The molecular formula is C16H20Cl2OTi. The van der Waals surface area contributed by atoms with Gasteiger partial charge < -0.3 is 24.8 Å². The molecule has 0 fully saturated rings. The van der Waals surface area contributed by atoms with E-state index >= 15 is 0 Å². The molecular weight excluding hydrogens is 327 g/mol. The summed E-state index contributed by atoms with van der Waals surface area (Å²) in [5.41, 5.74) is 4.59. The quantitative estimate of drug-likeness (QED) is 0.620. The number of para-hydroxylation sites is 1. The van der Waals surface area contributed by atoms with Crippen LogP contribution >= 0.6 is 0 Å². The van der Waals surface area contributed by atoms with E-state index in [0.717, 1.165) is 5.75 Å². The van der Waals surface area contributed by atoms with Crippen LogP contribution in [0.3, 0.4) is 0 Å². The van der Waals surface area contributed by atoms with Gasteiger partial charge in [-0.3, -0.25) is 0 Å². The fraction of sp³-hybridized carbons (Fsp3) is 0.375. The molecule has 108 valence electrons. The van der Waals surface area contributed by atoms with E-state index in [1.807, 2.05) is 30.3 Å². The maximum Gasteiger partial charge on any atom is -1.00 e. The molecule has 0 atom stereocenters. The van der Waals surface area contributed by atoms with Gasteiger partial charge in [0.2, 0.25) is 0 Å². The van der Waals surface area contributed by atoms with Gasteiger partial charge in [-0.15, -0.1) is 0 Å². The SMILES string of the molecule is CC1=C(C)C(C)(C)[C]([Ti+2][O]c2ccccc2)=C1C.[Cl-].[Cl-]. The second-order valence-corrected chi connectivity index (χ2v) is 6.81. The number of benzene rings is 1. The Morgan fingerprint density at radius 2 is 1.45 bits per heavy atom. The van der Waals surface area contributed by atoms with Gasteiger partial charge in [0.25, 0.3) is 0 Å². The zero-order valence-corrected chi connectivity index (χ0v) is 15.6. The van der Waals surface area contributed by atoms with Crippen LogP contribution in [0.2, 0.25) is 0 Å². The second-order valence-electron chi connectivity index (χ2n) is 5.39. The fourth-order valence-electron chi connectivity index (χ4n) is 2.40. The Balaban J connectivity index is 0.00000180. The van der Waals surface area contributed by atoms with Crippen LogP contribution in [0.1, 0.15) is 34.6 Å². The zero-order valence-electron chi connectivity index (χ0n) is 12.6. The molecule has 2 rings (SSSR count). The van der Waals surface area contributed by atoms with Gasteiger partial charge in [-0.2, -0.15) is 0 Å². The smallest absolute Gasteiger partial charge is 1.00 e. The van der Waals surface area contributed by atoms with Crippen LogP contribution in [0.5, 0.6) is 5.75 Å². The average Bonchev–Trinajstić information content (AvgIpc) is 2.50. The number of rotatable bonds is 3. The van der Waals surface area contributed by atoms with E-state index in [1.165, 1.54) is 20.6 Å². The van der Waals surface area contributed by atoms with Gasteiger partial charge in [0.05, 0.1) is 0 Å². The van der Waals surface area contributed by atoms with Crippen molar-refractivity contribution in [1.82, 2.24) is 0 Å². The monoisotopic (exact) mass is 346 g/mol. The van der Waals surface area contributed by atoms with Crippen LogP contribution in [0, 0.1) is 5.41 Å². The van der Waals surface area contributed by atoms with Crippen molar-refractivity contribution in [1.29, 1.82) is 0 Å². The molecule has 0 aliphatic heterocycles. The summed E-state index contributed by atoms with van der Waals surface area (Å²) in [4.78, 5) is 0. The predicted molar refractivity (Wildman–Crippen MR) is 71.9 cm³/mol. The Hall–Kier alpha value is -0.206. The Kier molecular flexibility index (Phi) is 7.62. The number of halogens is 2. The first-order valence-electron chi connectivity index (χ1n) is 6.32. The maximum atomic E-state index is 6.03. The first-order chi connectivity index (χ1) is 8.44. The number of hydrogen-bond acceptors (Lipinski definition) is 1. The summed E-state index contributed by atoms with van der Waals surface area (Å²) in [6, 6.07) is 10.1. The van der Waals surface area contributed by atoms with E-state index in [-0.39, 0.29) is 30.2 Å². The number of hydrogen-bond donors (Lipinski definition) is 0. The molecule has 1 aromatic carbocycles. The van der Waals surface area contributed by atoms with Crippen molar-refractivity contribution >= 4 is 0 Å².